The number of aryl methyl sites for hydroxylation is 1. The number of rotatable bonds is 9. The van der Waals surface area contributed by atoms with Crippen LogP contribution in [0.5, 0.6) is 5.75 Å². The minimum Gasteiger partial charge on any atom is -0.492 e. The highest BCUT2D eigenvalue weighted by Gasteiger charge is 2.07. The van der Waals surface area contributed by atoms with Crippen LogP contribution in [0.1, 0.15) is 25.8 Å². The predicted octanol–water partition coefficient (Wildman–Crippen LogP) is 2.64. The van der Waals surface area contributed by atoms with Crippen molar-refractivity contribution in [3.05, 3.63) is 29.8 Å². The third-order valence-corrected chi connectivity index (χ3v) is 2.77. The molecule has 1 N–H and O–H groups in total. The van der Waals surface area contributed by atoms with Crippen molar-refractivity contribution in [2.75, 3.05) is 26.9 Å². The van der Waals surface area contributed by atoms with E-state index in [-0.39, 0.29) is 6.04 Å². The molecule has 1 atom stereocenters. The number of hydrogen-bond donors (Lipinski definition) is 1. The molecular formula is C15H25NO2. The van der Waals surface area contributed by atoms with Crippen LogP contribution in [-0.4, -0.2) is 32.9 Å². The number of ether oxygens (including phenoxy) is 2. The fourth-order valence-electron chi connectivity index (χ4n) is 1.89. The summed E-state index contributed by atoms with van der Waals surface area (Å²) < 4.78 is 10.9. The highest BCUT2D eigenvalue weighted by atomic mass is 16.5. The maximum absolute atomic E-state index is 5.76. The lowest BCUT2D eigenvalue weighted by molar-refractivity contribution is 0.137. The van der Waals surface area contributed by atoms with Crippen LogP contribution >= 0.6 is 0 Å². The Hall–Kier alpha value is -1.06. The predicted molar refractivity (Wildman–Crippen MR) is 75.3 cm³/mol. The van der Waals surface area contributed by atoms with Crippen molar-refractivity contribution in [3.8, 4) is 5.75 Å². The third kappa shape index (κ3) is 5.52. The molecule has 0 saturated carbocycles. The third-order valence-electron chi connectivity index (χ3n) is 2.77. The highest BCUT2D eigenvalue weighted by Crippen LogP contribution is 2.13. The Bertz CT molecular complexity index is 305. The molecule has 1 rings (SSSR count). The van der Waals surface area contributed by atoms with Gasteiger partial charge in [0, 0.05) is 7.11 Å². The van der Waals surface area contributed by atoms with E-state index in [1.165, 1.54) is 12.0 Å². The molecule has 102 valence electrons. The molecular weight excluding hydrogens is 226 g/mol. The number of likely N-dealkylation sites (N-methyl/N-ethyl adjacent to an activating group) is 1. The first kappa shape index (κ1) is 15.0. The SMILES string of the molecule is CCCc1ccc(OCC(COC)NCC)cc1. The standard InChI is InChI=1S/C15H25NO2/c1-4-6-13-7-9-15(10-8-13)18-12-14(11-17-3)16-5-2/h7-10,14,16H,4-6,11-12H2,1-3H3. The van der Waals surface area contributed by atoms with Crippen molar-refractivity contribution in [1.29, 1.82) is 0 Å². The minimum absolute atomic E-state index is 0.246. The van der Waals surface area contributed by atoms with Crippen LogP contribution in [0.4, 0.5) is 0 Å². The quantitative estimate of drug-likeness (QED) is 0.732. The van der Waals surface area contributed by atoms with Crippen LogP contribution in [0.15, 0.2) is 24.3 Å². The molecule has 0 radical (unpaired) electrons. The maximum Gasteiger partial charge on any atom is 0.119 e. The molecule has 0 aliphatic rings. The van der Waals surface area contributed by atoms with Gasteiger partial charge in [0.2, 0.25) is 0 Å². The molecule has 3 heteroatoms. The van der Waals surface area contributed by atoms with Crippen molar-refractivity contribution in [3.63, 3.8) is 0 Å². The zero-order valence-electron chi connectivity index (χ0n) is 11.7. The summed E-state index contributed by atoms with van der Waals surface area (Å²) in [6.07, 6.45) is 2.31. The topological polar surface area (TPSA) is 30.5 Å². The lowest BCUT2D eigenvalue weighted by Gasteiger charge is -2.17. The van der Waals surface area contributed by atoms with Crippen LogP contribution in [-0.2, 0) is 11.2 Å². The van der Waals surface area contributed by atoms with E-state index in [1.807, 2.05) is 12.1 Å². The normalized spacial score (nSPS) is 12.4. The van der Waals surface area contributed by atoms with Crippen LogP contribution in [0, 0.1) is 0 Å². The van der Waals surface area contributed by atoms with Gasteiger partial charge in [-0.1, -0.05) is 32.4 Å². The Morgan fingerprint density at radius 1 is 1.11 bits per heavy atom. The van der Waals surface area contributed by atoms with Crippen LogP contribution < -0.4 is 10.1 Å². The Morgan fingerprint density at radius 2 is 1.83 bits per heavy atom. The molecule has 0 heterocycles. The second kappa shape index (κ2) is 8.95. The van der Waals surface area contributed by atoms with Gasteiger partial charge in [0.25, 0.3) is 0 Å². The first-order chi connectivity index (χ1) is 8.80. The number of benzene rings is 1. The van der Waals surface area contributed by atoms with Gasteiger partial charge in [-0.25, -0.2) is 0 Å². The van der Waals surface area contributed by atoms with Crippen LogP contribution in [0.3, 0.4) is 0 Å². The van der Waals surface area contributed by atoms with Gasteiger partial charge in [0.15, 0.2) is 0 Å². The van der Waals surface area contributed by atoms with Crippen molar-refractivity contribution < 1.29 is 9.47 Å². The Labute approximate surface area is 110 Å². The first-order valence-electron chi connectivity index (χ1n) is 6.74. The van der Waals surface area contributed by atoms with Gasteiger partial charge in [-0.2, -0.15) is 0 Å². The van der Waals surface area contributed by atoms with Crippen LogP contribution in [0.25, 0.3) is 0 Å². The molecule has 0 amide bonds. The summed E-state index contributed by atoms with van der Waals surface area (Å²) in [4.78, 5) is 0. The first-order valence-corrected chi connectivity index (χ1v) is 6.74. The number of methoxy groups -OCH3 is 1. The monoisotopic (exact) mass is 251 g/mol. The smallest absolute Gasteiger partial charge is 0.119 e. The molecule has 0 fully saturated rings. The van der Waals surface area contributed by atoms with E-state index >= 15 is 0 Å². The highest BCUT2D eigenvalue weighted by molar-refractivity contribution is 5.27. The summed E-state index contributed by atoms with van der Waals surface area (Å²) in [6.45, 7) is 6.50. The second-order valence-corrected chi connectivity index (χ2v) is 4.41. The van der Waals surface area contributed by atoms with E-state index in [1.54, 1.807) is 7.11 Å². The number of hydrogen-bond acceptors (Lipinski definition) is 3. The average Bonchev–Trinajstić information content (AvgIpc) is 2.38. The average molecular weight is 251 g/mol. The Morgan fingerprint density at radius 3 is 2.39 bits per heavy atom. The molecule has 0 saturated heterocycles. The fourth-order valence-corrected chi connectivity index (χ4v) is 1.89. The second-order valence-electron chi connectivity index (χ2n) is 4.41. The van der Waals surface area contributed by atoms with E-state index in [0.717, 1.165) is 18.7 Å². The van der Waals surface area contributed by atoms with Gasteiger partial charge in [-0.3, -0.25) is 0 Å². The minimum atomic E-state index is 0.246. The molecule has 0 bridgehead atoms. The Kier molecular flexibility index (Phi) is 7.46. The summed E-state index contributed by atoms with van der Waals surface area (Å²) in [6, 6.07) is 8.60. The van der Waals surface area contributed by atoms with Gasteiger partial charge in [0.05, 0.1) is 12.6 Å². The Balaban J connectivity index is 2.41. The van der Waals surface area contributed by atoms with Crippen molar-refractivity contribution in [2.24, 2.45) is 0 Å². The molecule has 0 spiro atoms. The molecule has 3 nitrogen and oxygen atoms in total. The molecule has 1 unspecified atom stereocenters. The van der Waals surface area contributed by atoms with E-state index in [4.69, 9.17) is 9.47 Å². The zero-order chi connectivity index (χ0) is 13.2. The summed E-state index contributed by atoms with van der Waals surface area (Å²) in [5.41, 5.74) is 1.37. The van der Waals surface area contributed by atoms with Crippen molar-refractivity contribution in [1.82, 2.24) is 5.32 Å². The van der Waals surface area contributed by atoms with Gasteiger partial charge in [-0.05, 0) is 30.7 Å². The van der Waals surface area contributed by atoms with Gasteiger partial charge >= 0.3 is 0 Å². The molecule has 1 aromatic rings. The summed E-state index contributed by atoms with van der Waals surface area (Å²) in [5, 5.41) is 3.34. The van der Waals surface area contributed by atoms with E-state index in [2.05, 4.69) is 31.3 Å². The van der Waals surface area contributed by atoms with Crippen molar-refractivity contribution in [2.45, 2.75) is 32.7 Å². The molecule has 0 aliphatic heterocycles. The number of nitrogens with one attached hydrogen (secondary N) is 1. The molecule has 1 aromatic carbocycles. The molecule has 18 heavy (non-hydrogen) atoms. The summed E-state index contributed by atoms with van der Waals surface area (Å²) in [5.74, 6) is 0.925. The molecule has 0 aromatic heterocycles. The van der Waals surface area contributed by atoms with E-state index in [0.29, 0.717) is 13.2 Å². The van der Waals surface area contributed by atoms with Gasteiger partial charge in [-0.15, -0.1) is 0 Å². The lowest BCUT2D eigenvalue weighted by Crippen LogP contribution is -2.38. The van der Waals surface area contributed by atoms with Crippen LogP contribution in [0.2, 0.25) is 0 Å². The van der Waals surface area contributed by atoms with Crippen molar-refractivity contribution >= 4 is 0 Å². The van der Waals surface area contributed by atoms with Gasteiger partial charge < -0.3 is 14.8 Å². The maximum atomic E-state index is 5.76. The fraction of sp³-hybridized carbons (Fsp3) is 0.600. The lowest BCUT2D eigenvalue weighted by atomic mass is 10.1. The molecule has 0 aliphatic carbocycles. The zero-order valence-corrected chi connectivity index (χ0v) is 11.7. The van der Waals surface area contributed by atoms with E-state index < -0.39 is 0 Å². The largest absolute Gasteiger partial charge is 0.492 e. The summed E-state index contributed by atoms with van der Waals surface area (Å²) in [7, 11) is 1.71. The van der Waals surface area contributed by atoms with Gasteiger partial charge in [0.1, 0.15) is 12.4 Å². The summed E-state index contributed by atoms with van der Waals surface area (Å²) >= 11 is 0. The van der Waals surface area contributed by atoms with E-state index in [9.17, 15) is 0 Å².